The Bertz CT molecular complexity index is 976. The highest BCUT2D eigenvalue weighted by Gasteiger charge is 2.46. The third-order valence-corrected chi connectivity index (χ3v) is 5.35. The first-order valence-electron chi connectivity index (χ1n) is 9.54. The highest BCUT2D eigenvalue weighted by Crippen LogP contribution is 2.48. The first kappa shape index (κ1) is 17.1. The molecule has 3 heterocycles. The van der Waals surface area contributed by atoms with Gasteiger partial charge in [-0.3, -0.25) is 4.79 Å². The minimum atomic E-state index is -0.199. The molecule has 1 saturated heterocycles. The lowest BCUT2D eigenvalue weighted by molar-refractivity contribution is -0.143. The molecule has 1 aliphatic heterocycles. The van der Waals surface area contributed by atoms with Crippen molar-refractivity contribution in [3.05, 3.63) is 54.2 Å². The zero-order valence-corrected chi connectivity index (χ0v) is 15.3. The van der Waals surface area contributed by atoms with Crippen molar-refractivity contribution in [2.75, 3.05) is 26.3 Å². The summed E-state index contributed by atoms with van der Waals surface area (Å²) >= 11 is 0. The second-order valence-electron chi connectivity index (χ2n) is 7.24. The maximum Gasteiger partial charge on any atom is 0.226 e. The van der Waals surface area contributed by atoms with Crippen LogP contribution in [0, 0.1) is 5.92 Å². The molecular formula is C20H21N5O3. The molecule has 5 rings (SSSR count). The molecule has 2 aromatic heterocycles. The van der Waals surface area contributed by atoms with Gasteiger partial charge in [-0.05, 0) is 35.2 Å². The molecule has 3 aromatic rings. The molecular weight excluding hydrogens is 358 g/mol. The second kappa shape index (κ2) is 7.20. The van der Waals surface area contributed by atoms with Crippen LogP contribution in [-0.4, -0.2) is 63.4 Å². The van der Waals surface area contributed by atoms with Crippen molar-refractivity contribution in [2.45, 2.75) is 18.4 Å². The number of hydrogen-bond donors (Lipinski definition) is 0. The summed E-state index contributed by atoms with van der Waals surface area (Å²) in [6.45, 7) is 1.95. The summed E-state index contributed by atoms with van der Waals surface area (Å²) in [5.41, 5.74) is 2.49. The molecule has 8 heteroatoms. The number of aromatic nitrogens is 4. The number of hydrogen-bond acceptors (Lipinski definition) is 6. The van der Waals surface area contributed by atoms with Crippen LogP contribution in [0.1, 0.15) is 17.9 Å². The van der Waals surface area contributed by atoms with E-state index in [-0.39, 0.29) is 24.5 Å². The van der Waals surface area contributed by atoms with Crippen LogP contribution in [0.5, 0.6) is 0 Å². The normalized spacial score (nSPS) is 24.3. The van der Waals surface area contributed by atoms with Gasteiger partial charge in [-0.2, -0.15) is 0 Å². The van der Waals surface area contributed by atoms with E-state index in [9.17, 15) is 4.79 Å². The molecule has 1 amide bonds. The van der Waals surface area contributed by atoms with E-state index in [2.05, 4.69) is 27.4 Å². The number of fused-ring (bicyclic) bond motifs is 1. The lowest BCUT2D eigenvalue weighted by atomic mass is 10.1. The SMILES string of the molecule is O=C([C@@H]1C[C@H]1c1ccccc1)N1CCOC(COn2nnc3cccnc32)C1. The molecule has 1 saturated carbocycles. The van der Waals surface area contributed by atoms with Gasteiger partial charge in [-0.1, -0.05) is 35.2 Å². The van der Waals surface area contributed by atoms with E-state index >= 15 is 0 Å². The Morgan fingerprint density at radius 1 is 1.21 bits per heavy atom. The molecule has 0 radical (unpaired) electrons. The molecule has 28 heavy (non-hydrogen) atoms. The van der Waals surface area contributed by atoms with Crippen molar-refractivity contribution in [1.29, 1.82) is 0 Å². The molecule has 144 valence electrons. The Labute approximate surface area is 162 Å². The molecule has 8 nitrogen and oxygen atoms in total. The average Bonchev–Trinajstić information content (AvgIpc) is 3.46. The fraction of sp³-hybridized carbons (Fsp3) is 0.400. The number of carbonyl (C=O) groups is 1. The Balaban J connectivity index is 1.18. The molecule has 0 bridgehead atoms. The Hall–Kier alpha value is -3.00. The third-order valence-electron chi connectivity index (χ3n) is 5.35. The van der Waals surface area contributed by atoms with Gasteiger partial charge in [0.2, 0.25) is 11.6 Å². The van der Waals surface area contributed by atoms with E-state index in [0.29, 0.717) is 36.8 Å². The lowest BCUT2D eigenvalue weighted by Crippen LogP contribution is -2.48. The maximum atomic E-state index is 12.9. The molecule has 1 aliphatic carbocycles. The highest BCUT2D eigenvalue weighted by molar-refractivity contribution is 5.83. The Kier molecular flexibility index (Phi) is 4.40. The number of amides is 1. The van der Waals surface area contributed by atoms with Gasteiger partial charge in [-0.15, -0.1) is 5.10 Å². The number of carbonyl (C=O) groups excluding carboxylic acids is 1. The quantitative estimate of drug-likeness (QED) is 0.664. The van der Waals surface area contributed by atoms with Gasteiger partial charge in [0.25, 0.3) is 0 Å². The molecule has 0 N–H and O–H groups in total. The number of rotatable bonds is 5. The van der Waals surface area contributed by atoms with Gasteiger partial charge in [0.1, 0.15) is 18.2 Å². The lowest BCUT2D eigenvalue weighted by Gasteiger charge is -2.32. The van der Waals surface area contributed by atoms with Crippen LogP contribution in [0.3, 0.4) is 0 Å². The first-order valence-corrected chi connectivity index (χ1v) is 9.54. The molecule has 1 unspecified atom stereocenters. The minimum absolute atomic E-state index is 0.0885. The number of morpholine rings is 1. The van der Waals surface area contributed by atoms with E-state index < -0.39 is 0 Å². The van der Waals surface area contributed by atoms with Crippen molar-refractivity contribution in [3.63, 3.8) is 0 Å². The molecule has 3 atom stereocenters. The summed E-state index contributed by atoms with van der Waals surface area (Å²) in [5.74, 6) is 0.652. The highest BCUT2D eigenvalue weighted by atomic mass is 16.7. The van der Waals surface area contributed by atoms with Gasteiger partial charge in [0.05, 0.1) is 13.2 Å². The van der Waals surface area contributed by atoms with Crippen molar-refractivity contribution < 1.29 is 14.4 Å². The van der Waals surface area contributed by atoms with Gasteiger partial charge in [0.15, 0.2) is 0 Å². The number of ether oxygens (including phenoxy) is 1. The molecule has 2 aliphatic rings. The van der Waals surface area contributed by atoms with Gasteiger partial charge in [-0.25, -0.2) is 4.98 Å². The molecule has 2 fully saturated rings. The van der Waals surface area contributed by atoms with Crippen LogP contribution in [0.15, 0.2) is 48.7 Å². The summed E-state index contributed by atoms with van der Waals surface area (Å²) in [4.78, 5) is 26.0. The zero-order chi connectivity index (χ0) is 18.9. The second-order valence-corrected chi connectivity index (χ2v) is 7.24. The van der Waals surface area contributed by atoms with Crippen molar-refractivity contribution >= 4 is 17.1 Å². The van der Waals surface area contributed by atoms with E-state index in [1.165, 1.54) is 10.4 Å². The predicted octanol–water partition coefficient (Wildman–Crippen LogP) is 1.29. The molecule has 0 spiro atoms. The summed E-state index contributed by atoms with van der Waals surface area (Å²) < 4.78 is 5.78. The zero-order valence-electron chi connectivity index (χ0n) is 15.3. The minimum Gasteiger partial charge on any atom is -0.391 e. The van der Waals surface area contributed by atoms with Crippen LogP contribution < -0.4 is 4.84 Å². The monoisotopic (exact) mass is 379 g/mol. The Morgan fingerprint density at radius 3 is 3.00 bits per heavy atom. The molecule has 1 aromatic carbocycles. The summed E-state index contributed by atoms with van der Waals surface area (Å²) in [6, 6.07) is 13.9. The maximum absolute atomic E-state index is 12.9. The third kappa shape index (κ3) is 3.31. The number of pyridine rings is 1. The van der Waals surface area contributed by atoms with Crippen LogP contribution in [-0.2, 0) is 9.53 Å². The van der Waals surface area contributed by atoms with Gasteiger partial charge in [0, 0.05) is 18.7 Å². The number of benzene rings is 1. The first-order chi connectivity index (χ1) is 13.8. The van der Waals surface area contributed by atoms with Gasteiger partial charge < -0.3 is 14.5 Å². The summed E-state index contributed by atoms with van der Waals surface area (Å²) in [7, 11) is 0. The standard InChI is InChI=1S/C20H21N5O3/c26-20(17-11-16(17)14-5-2-1-3-6-14)24-9-10-27-15(12-24)13-28-25-19-18(22-23-25)7-4-8-21-19/h1-8,15-17H,9-13H2/t15?,16-,17+/m0/s1. The predicted molar refractivity (Wildman–Crippen MR) is 100 cm³/mol. The van der Waals surface area contributed by atoms with E-state index in [1.54, 1.807) is 12.3 Å². The van der Waals surface area contributed by atoms with Crippen molar-refractivity contribution in [2.24, 2.45) is 5.92 Å². The largest absolute Gasteiger partial charge is 0.391 e. The van der Waals surface area contributed by atoms with Crippen LogP contribution in [0.25, 0.3) is 11.2 Å². The van der Waals surface area contributed by atoms with Crippen LogP contribution in [0.2, 0.25) is 0 Å². The van der Waals surface area contributed by atoms with E-state index in [1.807, 2.05) is 29.2 Å². The Morgan fingerprint density at radius 2 is 2.11 bits per heavy atom. The smallest absolute Gasteiger partial charge is 0.226 e. The van der Waals surface area contributed by atoms with Crippen molar-refractivity contribution in [3.8, 4) is 0 Å². The van der Waals surface area contributed by atoms with Crippen LogP contribution in [0.4, 0.5) is 0 Å². The summed E-state index contributed by atoms with van der Waals surface area (Å²) in [6.07, 6.45) is 2.40. The topological polar surface area (TPSA) is 82.4 Å². The van der Waals surface area contributed by atoms with E-state index in [0.717, 1.165) is 6.42 Å². The van der Waals surface area contributed by atoms with Gasteiger partial charge >= 0.3 is 0 Å². The fourth-order valence-corrected chi connectivity index (χ4v) is 3.78. The number of nitrogens with zero attached hydrogens (tertiary/aromatic N) is 5. The summed E-state index contributed by atoms with van der Waals surface area (Å²) in [5, 5.41) is 7.98. The van der Waals surface area contributed by atoms with Crippen molar-refractivity contribution in [1.82, 2.24) is 25.0 Å². The van der Waals surface area contributed by atoms with Crippen LogP contribution >= 0.6 is 0 Å². The fourth-order valence-electron chi connectivity index (χ4n) is 3.78. The average molecular weight is 379 g/mol. The van der Waals surface area contributed by atoms with E-state index in [4.69, 9.17) is 9.57 Å².